The molecule has 0 atom stereocenters. The van der Waals surface area contributed by atoms with Gasteiger partial charge in [0.2, 0.25) is 0 Å². The summed E-state index contributed by atoms with van der Waals surface area (Å²) in [6.45, 7) is 8.35. The molecule has 0 fully saturated rings. The van der Waals surface area contributed by atoms with Crippen molar-refractivity contribution < 1.29 is 4.21 Å². The molecule has 0 rings (SSSR count). The summed E-state index contributed by atoms with van der Waals surface area (Å²) in [4.78, 5) is 0. The Morgan fingerprint density at radius 1 is 1.86 bits per heavy atom. The number of hydrogen-bond donors (Lipinski definition) is 0. The van der Waals surface area contributed by atoms with E-state index in [1.54, 1.807) is 6.08 Å². The zero-order valence-corrected chi connectivity index (χ0v) is 4.91. The molecule has 3 heteroatoms. The van der Waals surface area contributed by atoms with Gasteiger partial charge < -0.3 is 0 Å². The predicted molar refractivity (Wildman–Crippen MR) is 33.6 cm³/mol. The summed E-state index contributed by atoms with van der Waals surface area (Å²) in [6.07, 6.45) is 2.44. The molecular formula is C4H7BOS. The first-order valence-electron chi connectivity index (χ1n) is 2.01. The molecule has 1 nitrogen and oxygen atoms in total. The van der Waals surface area contributed by atoms with Crippen LogP contribution in [0.4, 0.5) is 0 Å². The third-order valence-corrected chi connectivity index (χ3v) is 1.16. The second kappa shape index (κ2) is 4.00. The molecule has 0 amide bonds. The quantitative estimate of drug-likeness (QED) is 0.375. The molecule has 0 aliphatic heterocycles. The van der Waals surface area contributed by atoms with Gasteiger partial charge in [-0.15, -0.1) is 0 Å². The molecule has 0 saturated carbocycles. The van der Waals surface area contributed by atoms with Crippen molar-refractivity contribution in [3.8, 4) is 0 Å². The molecule has 0 aliphatic rings. The number of rotatable bonds is 2. The standard InChI is InChI=1S/C4H7BOS/c1-2-3-4-7(5)6/h2H,1,3-4H2. The van der Waals surface area contributed by atoms with Crippen LogP contribution in [0.5, 0.6) is 0 Å². The fourth-order valence-corrected chi connectivity index (χ4v) is 0.598. The van der Waals surface area contributed by atoms with E-state index in [2.05, 4.69) is 6.58 Å². The monoisotopic (exact) mass is 114 g/mol. The topological polar surface area (TPSA) is 17.1 Å². The van der Waals surface area contributed by atoms with E-state index in [4.69, 9.17) is 6.53 Å². The van der Waals surface area contributed by atoms with Crippen LogP contribution in [0.25, 0.3) is 0 Å². The van der Waals surface area contributed by atoms with E-state index in [1.165, 1.54) is 0 Å². The Balaban J connectivity index is 3.21. The summed E-state index contributed by atoms with van der Waals surface area (Å²) in [5.74, 6) is 0.531. The maximum atomic E-state index is 10.0. The first kappa shape index (κ1) is 6.82. The fraction of sp³-hybridized carbons (Fsp3) is 0.500. The van der Waals surface area contributed by atoms with E-state index in [0.29, 0.717) is 5.75 Å². The van der Waals surface area contributed by atoms with Gasteiger partial charge in [-0.25, -0.2) is 0 Å². The van der Waals surface area contributed by atoms with E-state index in [1.807, 2.05) is 0 Å². The van der Waals surface area contributed by atoms with Gasteiger partial charge >= 0.3 is 45.6 Å². The van der Waals surface area contributed by atoms with Crippen LogP contribution in [-0.4, -0.2) is 16.5 Å². The van der Waals surface area contributed by atoms with Gasteiger partial charge in [-0.2, -0.15) is 0 Å². The molecular weight excluding hydrogens is 107 g/mol. The molecule has 7 heavy (non-hydrogen) atoms. The van der Waals surface area contributed by atoms with E-state index < -0.39 is 10.0 Å². The SMILES string of the molecule is B#S(=O)CCC=C. The van der Waals surface area contributed by atoms with Gasteiger partial charge in [0.15, 0.2) is 0 Å². The second-order valence-electron chi connectivity index (χ2n) is 1.16. The molecule has 0 N–H and O–H groups in total. The maximum absolute atomic E-state index is 10.0. The molecule has 0 heterocycles. The zero-order valence-electron chi connectivity index (χ0n) is 4.09. The molecule has 0 saturated heterocycles. The Hall–Kier alpha value is -0.175. The Bertz CT molecular complexity index is 156. The van der Waals surface area contributed by atoms with Crippen molar-refractivity contribution >= 4 is 16.6 Å². The van der Waals surface area contributed by atoms with Crippen LogP contribution in [0.2, 0.25) is 0 Å². The van der Waals surface area contributed by atoms with Gasteiger partial charge in [-0.1, -0.05) is 0 Å². The van der Waals surface area contributed by atoms with Crippen molar-refractivity contribution in [2.75, 3.05) is 5.75 Å². The second-order valence-corrected chi connectivity index (χ2v) is 2.33. The van der Waals surface area contributed by atoms with Gasteiger partial charge in [0.05, 0.1) is 0 Å². The zero-order chi connectivity index (χ0) is 5.70. The Kier molecular flexibility index (Phi) is 3.90. The predicted octanol–water partition coefficient (Wildman–Crippen LogP) is 0.395. The van der Waals surface area contributed by atoms with Crippen molar-refractivity contribution in [2.24, 2.45) is 0 Å². The van der Waals surface area contributed by atoms with E-state index >= 15 is 0 Å². The first-order valence-corrected chi connectivity index (χ1v) is 3.39. The van der Waals surface area contributed by atoms with Crippen molar-refractivity contribution in [3.63, 3.8) is 0 Å². The fourth-order valence-electron chi connectivity index (χ4n) is 0.199. The van der Waals surface area contributed by atoms with Crippen molar-refractivity contribution in [1.82, 2.24) is 0 Å². The van der Waals surface area contributed by atoms with Crippen LogP contribution < -0.4 is 0 Å². The van der Waals surface area contributed by atoms with Crippen LogP contribution in [0.1, 0.15) is 6.42 Å². The molecule has 0 aromatic heterocycles. The van der Waals surface area contributed by atoms with Crippen LogP contribution >= 0.6 is 0 Å². The van der Waals surface area contributed by atoms with E-state index in [9.17, 15) is 4.21 Å². The molecule has 0 radical (unpaired) electrons. The molecule has 38 valence electrons. The van der Waals surface area contributed by atoms with Gasteiger partial charge in [-0.05, 0) is 0 Å². The first-order chi connectivity index (χ1) is 3.27. The average molecular weight is 114 g/mol. The van der Waals surface area contributed by atoms with Crippen molar-refractivity contribution in [2.45, 2.75) is 6.42 Å². The number of hydrogen-bond acceptors (Lipinski definition) is 1. The van der Waals surface area contributed by atoms with Crippen molar-refractivity contribution in [3.05, 3.63) is 12.7 Å². The minimum absolute atomic E-state index is 0.531. The average Bonchev–Trinajstić information content (AvgIpc) is 1.61. The van der Waals surface area contributed by atoms with Gasteiger partial charge in [0.1, 0.15) is 0 Å². The van der Waals surface area contributed by atoms with Crippen LogP contribution in [-0.2, 0) is 10.0 Å². The Morgan fingerprint density at radius 2 is 2.43 bits per heavy atom. The van der Waals surface area contributed by atoms with E-state index in [-0.39, 0.29) is 0 Å². The van der Waals surface area contributed by atoms with Crippen LogP contribution in [0.15, 0.2) is 12.7 Å². The molecule has 0 spiro atoms. The minimum atomic E-state index is -1.14. The number of allylic oxidation sites excluding steroid dienone is 1. The Morgan fingerprint density at radius 3 is 2.57 bits per heavy atom. The van der Waals surface area contributed by atoms with E-state index in [0.717, 1.165) is 6.42 Å². The van der Waals surface area contributed by atoms with Gasteiger partial charge in [0, 0.05) is 0 Å². The van der Waals surface area contributed by atoms with Crippen LogP contribution in [0, 0.1) is 0 Å². The molecule has 0 unspecified atom stereocenters. The van der Waals surface area contributed by atoms with Gasteiger partial charge in [-0.3, -0.25) is 0 Å². The summed E-state index contributed by atoms with van der Waals surface area (Å²) in [5.41, 5.74) is 0. The summed E-state index contributed by atoms with van der Waals surface area (Å²) in [7, 11) is -1.14. The summed E-state index contributed by atoms with van der Waals surface area (Å²) in [5, 5.41) is 0. The summed E-state index contributed by atoms with van der Waals surface area (Å²) < 4.78 is 10.0. The van der Waals surface area contributed by atoms with Crippen LogP contribution in [0.3, 0.4) is 0 Å². The molecule has 0 aromatic carbocycles. The summed E-state index contributed by atoms with van der Waals surface area (Å²) in [6, 6.07) is 0. The third-order valence-electron chi connectivity index (χ3n) is 0.523. The molecule has 0 aliphatic carbocycles. The summed E-state index contributed by atoms with van der Waals surface area (Å²) >= 11 is 0. The van der Waals surface area contributed by atoms with Gasteiger partial charge in [0.25, 0.3) is 0 Å². The normalized spacial score (nSPS) is 8.29. The van der Waals surface area contributed by atoms with Crippen molar-refractivity contribution in [1.29, 1.82) is 0 Å². The Labute approximate surface area is 46.4 Å². The molecule has 0 bridgehead atoms. The molecule has 0 aromatic rings. The third kappa shape index (κ3) is 5.82.